The highest BCUT2D eigenvalue weighted by Gasteiger charge is 2.21. The molecule has 4 N–H and O–H groups in total. The van der Waals surface area contributed by atoms with Crippen molar-refractivity contribution in [3.63, 3.8) is 0 Å². The van der Waals surface area contributed by atoms with E-state index in [0.717, 1.165) is 5.56 Å². The van der Waals surface area contributed by atoms with Gasteiger partial charge in [0.2, 0.25) is 0 Å². The number of ether oxygens (including phenoxy) is 1. The summed E-state index contributed by atoms with van der Waals surface area (Å²) in [4.78, 5) is 21.7. The number of hydrogen-bond donors (Lipinski definition) is 4. The van der Waals surface area contributed by atoms with Crippen LogP contribution in [0.25, 0.3) is 22.0 Å². The number of pyridine rings is 2. The molecular formula is C22H22FN7O2. The lowest BCUT2D eigenvalue weighted by Crippen LogP contribution is -2.15. The van der Waals surface area contributed by atoms with Gasteiger partial charge in [-0.3, -0.25) is 4.79 Å². The number of nitrogens with one attached hydrogen (secondary N) is 4. The number of aromatic amines is 1. The van der Waals surface area contributed by atoms with Gasteiger partial charge in [-0.1, -0.05) is 0 Å². The standard InChI is InChI=1S/C22H22FN7O2/c1-24-19-9-17(30(25-2)29-19)15-11-28-21(13-5-7-26-22(31)20(13)15)27-10-14-12-6-8-32-18(12)4-3-16(14)23/h3-5,7,9,11,25H,6,8,10H2,1-2H3,(H,24,29)(H,26,31)(H,27,28). The Hall–Kier alpha value is -4.08. The van der Waals surface area contributed by atoms with Gasteiger partial charge in [0.05, 0.1) is 17.7 Å². The van der Waals surface area contributed by atoms with Gasteiger partial charge in [0.1, 0.15) is 17.4 Å². The molecule has 0 amide bonds. The Labute approximate surface area is 182 Å². The van der Waals surface area contributed by atoms with Crippen LogP contribution in [0.3, 0.4) is 0 Å². The van der Waals surface area contributed by atoms with E-state index < -0.39 is 0 Å². The van der Waals surface area contributed by atoms with Crippen LogP contribution in [0.4, 0.5) is 16.0 Å². The molecule has 1 aliphatic rings. The van der Waals surface area contributed by atoms with Crippen LogP contribution in [0.15, 0.2) is 41.5 Å². The molecule has 1 aliphatic heterocycles. The summed E-state index contributed by atoms with van der Waals surface area (Å²) >= 11 is 0. The van der Waals surface area contributed by atoms with E-state index in [1.807, 2.05) is 6.07 Å². The Morgan fingerprint density at radius 2 is 2.16 bits per heavy atom. The molecular weight excluding hydrogens is 413 g/mol. The van der Waals surface area contributed by atoms with Crippen LogP contribution in [-0.4, -0.2) is 40.6 Å². The van der Waals surface area contributed by atoms with Gasteiger partial charge in [-0.05, 0) is 18.2 Å². The highest BCUT2D eigenvalue weighted by Crippen LogP contribution is 2.33. The first-order valence-corrected chi connectivity index (χ1v) is 10.2. The average molecular weight is 435 g/mol. The number of fused-ring (bicyclic) bond motifs is 2. The van der Waals surface area contributed by atoms with Crippen LogP contribution in [-0.2, 0) is 13.0 Å². The number of rotatable bonds is 6. The van der Waals surface area contributed by atoms with Crippen molar-refractivity contribution in [1.29, 1.82) is 0 Å². The number of benzene rings is 1. The second-order valence-corrected chi connectivity index (χ2v) is 7.37. The zero-order valence-electron chi connectivity index (χ0n) is 17.6. The Bertz CT molecular complexity index is 1380. The minimum atomic E-state index is -0.293. The monoisotopic (exact) mass is 435 g/mol. The van der Waals surface area contributed by atoms with E-state index in [-0.39, 0.29) is 17.9 Å². The molecule has 0 saturated heterocycles. The lowest BCUT2D eigenvalue weighted by Gasteiger charge is -2.14. The molecule has 0 bridgehead atoms. The quantitative estimate of drug-likeness (QED) is 0.369. The van der Waals surface area contributed by atoms with E-state index >= 15 is 0 Å². The average Bonchev–Trinajstić information content (AvgIpc) is 3.45. The number of H-pyrrole nitrogens is 1. The molecule has 0 spiro atoms. The fourth-order valence-corrected chi connectivity index (χ4v) is 4.09. The molecule has 0 fully saturated rings. The Balaban J connectivity index is 1.58. The first-order valence-electron chi connectivity index (χ1n) is 10.2. The maximum Gasteiger partial charge on any atom is 0.256 e. The number of anilines is 2. The molecule has 1 aromatic carbocycles. The van der Waals surface area contributed by atoms with Gasteiger partial charge in [0, 0.05) is 67.6 Å². The molecule has 10 heteroatoms. The third-order valence-corrected chi connectivity index (χ3v) is 5.63. The second-order valence-electron chi connectivity index (χ2n) is 7.37. The molecule has 0 radical (unpaired) electrons. The van der Waals surface area contributed by atoms with Crippen LogP contribution in [0.1, 0.15) is 11.1 Å². The molecule has 9 nitrogen and oxygen atoms in total. The first-order chi connectivity index (χ1) is 15.6. The van der Waals surface area contributed by atoms with Crippen LogP contribution < -0.4 is 26.4 Å². The van der Waals surface area contributed by atoms with Crippen molar-refractivity contribution in [2.24, 2.45) is 0 Å². The number of halogens is 1. The third-order valence-electron chi connectivity index (χ3n) is 5.63. The fourth-order valence-electron chi connectivity index (χ4n) is 4.09. The Kier molecular flexibility index (Phi) is 4.89. The third kappa shape index (κ3) is 3.20. The van der Waals surface area contributed by atoms with Gasteiger partial charge < -0.3 is 25.8 Å². The summed E-state index contributed by atoms with van der Waals surface area (Å²) in [5.41, 5.74) is 5.45. The largest absolute Gasteiger partial charge is 0.493 e. The minimum absolute atomic E-state index is 0.227. The van der Waals surface area contributed by atoms with E-state index in [1.54, 1.807) is 43.4 Å². The molecule has 4 heterocycles. The zero-order chi connectivity index (χ0) is 22.2. The van der Waals surface area contributed by atoms with Gasteiger partial charge in [-0.2, -0.15) is 4.79 Å². The molecule has 0 unspecified atom stereocenters. The van der Waals surface area contributed by atoms with Crippen molar-refractivity contribution in [3.05, 3.63) is 64.0 Å². The lowest BCUT2D eigenvalue weighted by molar-refractivity contribution is 0.356. The summed E-state index contributed by atoms with van der Waals surface area (Å²) in [6, 6.07) is 6.69. The van der Waals surface area contributed by atoms with E-state index in [4.69, 9.17) is 4.74 Å². The van der Waals surface area contributed by atoms with Crippen molar-refractivity contribution < 1.29 is 9.13 Å². The van der Waals surface area contributed by atoms with Crippen molar-refractivity contribution >= 4 is 22.4 Å². The maximum atomic E-state index is 14.5. The zero-order valence-corrected chi connectivity index (χ0v) is 17.6. The molecule has 3 aromatic heterocycles. The predicted octanol–water partition coefficient (Wildman–Crippen LogP) is 2.69. The molecule has 4 aromatic rings. The van der Waals surface area contributed by atoms with E-state index in [9.17, 15) is 9.18 Å². The second kappa shape index (κ2) is 7.88. The number of aromatic nitrogens is 4. The number of nitrogens with zero attached hydrogens (tertiary/aromatic N) is 3. The Morgan fingerprint density at radius 1 is 1.28 bits per heavy atom. The van der Waals surface area contributed by atoms with E-state index in [2.05, 4.69) is 31.1 Å². The topological polar surface area (TPSA) is 109 Å². The summed E-state index contributed by atoms with van der Waals surface area (Å²) in [6.07, 6.45) is 3.86. The van der Waals surface area contributed by atoms with Crippen LogP contribution in [0, 0.1) is 5.82 Å². The molecule has 5 rings (SSSR count). The van der Waals surface area contributed by atoms with Gasteiger partial charge in [-0.15, -0.1) is 5.10 Å². The van der Waals surface area contributed by atoms with E-state index in [0.29, 0.717) is 58.0 Å². The van der Waals surface area contributed by atoms with Crippen LogP contribution >= 0.6 is 0 Å². The number of hydrogen-bond acceptors (Lipinski definition) is 7. The molecule has 0 atom stereocenters. The van der Waals surface area contributed by atoms with E-state index in [1.165, 1.54) is 6.07 Å². The van der Waals surface area contributed by atoms with Crippen LogP contribution in [0.5, 0.6) is 5.75 Å². The van der Waals surface area contributed by atoms with Crippen molar-refractivity contribution in [2.75, 3.05) is 36.8 Å². The fraction of sp³-hybridized carbons (Fsp3) is 0.227. The summed E-state index contributed by atoms with van der Waals surface area (Å²) < 4.78 is 20.1. The van der Waals surface area contributed by atoms with Gasteiger partial charge in [-0.25, -0.2) is 9.37 Å². The normalized spacial score (nSPS) is 12.5. The molecule has 0 aliphatic carbocycles. The molecule has 164 valence electrons. The van der Waals surface area contributed by atoms with Gasteiger partial charge >= 0.3 is 0 Å². The maximum absolute atomic E-state index is 14.5. The van der Waals surface area contributed by atoms with Crippen molar-refractivity contribution in [3.8, 4) is 17.0 Å². The summed E-state index contributed by atoms with van der Waals surface area (Å²) in [7, 11) is 3.51. The minimum Gasteiger partial charge on any atom is -0.493 e. The predicted molar refractivity (Wildman–Crippen MR) is 121 cm³/mol. The highest BCUT2D eigenvalue weighted by molar-refractivity contribution is 6.00. The van der Waals surface area contributed by atoms with Gasteiger partial charge in [0.15, 0.2) is 5.82 Å². The highest BCUT2D eigenvalue weighted by atomic mass is 19.1. The summed E-state index contributed by atoms with van der Waals surface area (Å²) in [5.74, 6) is 1.56. The molecule has 32 heavy (non-hydrogen) atoms. The smallest absolute Gasteiger partial charge is 0.256 e. The summed E-state index contributed by atoms with van der Waals surface area (Å²) in [6.45, 7) is 0.774. The SMILES string of the molecule is CNc1cc(-c2cnc(NCc3c(F)ccc4c3CCO4)c3cc[nH]c(=O)c23)n(NC)n1. The van der Waals surface area contributed by atoms with Crippen molar-refractivity contribution in [2.45, 2.75) is 13.0 Å². The van der Waals surface area contributed by atoms with Gasteiger partial charge in [0.25, 0.3) is 5.56 Å². The van der Waals surface area contributed by atoms with Crippen LogP contribution in [0.2, 0.25) is 0 Å². The molecule has 0 saturated carbocycles. The van der Waals surface area contributed by atoms with Crippen molar-refractivity contribution in [1.82, 2.24) is 19.9 Å². The summed E-state index contributed by atoms with van der Waals surface area (Å²) in [5, 5.41) is 11.7. The lowest BCUT2D eigenvalue weighted by atomic mass is 10.0. The first kappa shape index (κ1) is 19.9. The Morgan fingerprint density at radius 3 is 2.97 bits per heavy atom.